The first-order valence-electron chi connectivity index (χ1n) is 6.98. The number of benzene rings is 1. The molecule has 1 N–H and O–H groups in total. The Hall–Kier alpha value is -2.17. The van der Waals surface area contributed by atoms with Crippen molar-refractivity contribution in [2.75, 3.05) is 23.8 Å². The molecule has 0 bridgehead atoms. The van der Waals surface area contributed by atoms with Crippen LogP contribution in [0, 0.1) is 0 Å². The van der Waals surface area contributed by atoms with Gasteiger partial charge in [0.05, 0.1) is 6.20 Å². The largest absolute Gasteiger partial charge is 0.369 e. The van der Waals surface area contributed by atoms with E-state index in [4.69, 9.17) is 0 Å². The number of unbranched alkanes of at least 4 members (excludes halogenated alkanes) is 1. The number of nitrogens with one attached hydrogen (secondary N) is 1. The smallest absolute Gasteiger partial charge is 0.247 e. The van der Waals surface area contributed by atoms with E-state index < -0.39 is 0 Å². The Labute approximate surface area is 120 Å². The fourth-order valence-corrected chi connectivity index (χ4v) is 1.86. The lowest BCUT2D eigenvalue weighted by Crippen LogP contribution is -2.20. The summed E-state index contributed by atoms with van der Waals surface area (Å²) in [6.45, 7) is 3.84. The van der Waals surface area contributed by atoms with Crippen molar-refractivity contribution in [1.29, 1.82) is 0 Å². The third-order valence-corrected chi connectivity index (χ3v) is 2.99. The highest BCUT2D eigenvalue weighted by Gasteiger charge is 2.06. The van der Waals surface area contributed by atoms with E-state index in [-0.39, 0.29) is 0 Å². The molecule has 1 heterocycles. The summed E-state index contributed by atoms with van der Waals surface area (Å²) >= 11 is 0. The van der Waals surface area contributed by atoms with Gasteiger partial charge in [0.2, 0.25) is 5.95 Å². The number of hydrogen-bond donors (Lipinski definition) is 1. The van der Waals surface area contributed by atoms with Crippen LogP contribution in [0.2, 0.25) is 0 Å². The van der Waals surface area contributed by atoms with Crippen LogP contribution in [-0.2, 0) is 6.54 Å². The molecule has 0 aliphatic rings. The van der Waals surface area contributed by atoms with Gasteiger partial charge in [0.15, 0.2) is 5.82 Å². The normalized spacial score (nSPS) is 10.3. The van der Waals surface area contributed by atoms with E-state index in [9.17, 15) is 0 Å². The van der Waals surface area contributed by atoms with E-state index in [1.165, 1.54) is 5.56 Å². The molecule has 0 fully saturated rings. The second-order valence-electron chi connectivity index (χ2n) is 4.76. The Kier molecular flexibility index (Phi) is 5.29. The minimum Gasteiger partial charge on any atom is -0.369 e. The summed E-state index contributed by atoms with van der Waals surface area (Å²) in [6.07, 6.45) is 3.95. The maximum Gasteiger partial charge on any atom is 0.247 e. The molecule has 2 aromatic rings. The molecule has 0 saturated heterocycles. The second-order valence-corrected chi connectivity index (χ2v) is 4.76. The topological polar surface area (TPSA) is 53.9 Å². The summed E-state index contributed by atoms with van der Waals surface area (Å²) in [5, 5.41) is 11.4. The molecule has 1 aromatic carbocycles. The predicted octanol–water partition coefficient (Wildman–Crippen LogP) is 2.72. The summed E-state index contributed by atoms with van der Waals surface area (Å²) in [6, 6.07) is 10.3. The molecule has 5 heteroatoms. The van der Waals surface area contributed by atoms with E-state index in [0.29, 0.717) is 5.95 Å². The molecule has 0 unspecified atom stereocenters. The number of nitrogens with zero attached hydrogens (tertiary/aromatic N) is 4. The van der Waals surface area contributed by atoms with Gasteiger partial charge in [-0.1, -0.05) is 43.7 Å². The first-order chi connectivity index (χ1) is 9.79. The summed E-state index contributed by atoms with van der Waals surface area (Å²) in [5.74, 6) is 1.42. The van der Waals surface area contributed by atoms with Crippen molar-refractivity contribution in [3.8, 4) is 0 Å². The summed E-state index contributed by atoms with van der Waals surface area (Å²) in [4.78, 5) is 6.48. The first kappa shape index (κ1) is 14.2. The molecule has 106 valence electrons. The van der Waals surface area contributed by atoms with Gasteiger partial charge in [-0.25, -0.2) is 0 Å². The second kappa shape index (κ2) is 7.43. The number of aromatic nitrogens is 3. The van der Waals surface area contributed by atoms with Crippen LogP contribution >= 0.6 is 0 Å². The lowest BCUT2D eigenvalue weighted by atomic mass is 10.2. The first-order valence-corrected chi connectivity index (χ1v) is 6.98. The number of rotatable bonds is 7. The van der Waals surface area contributed by atoms with E-state index in [1.54, 1.807) is 6.20 Å². The minimum absolute atomic E-state index is 0.635. The zero-order valence-electron chi connectivity index (χ0n) is 12.1. The fraction of sp³-hybridized carbons (Fsp3) is 0.400. The molecule has 2 rings (SSSR count). The van der Waals surface area contributed by atoms with Crippen molar-refractivity contribution in [3.05, 3.63) is 42.1 Å². The Morgan fingerprint density at radius 3 is 2.75 bits per heavy atom. The van der Waals surface area contributed by atoms with Crippen LogP contribution in [0.4, 0.5) is 11.8 Å². The molecule has 0 spiro atoms. The van der Waals surface area contributed by atoms with Gasteiger partial charge in [0.1, 0.15) is 0 Å². The van der Waals surface area contributed by atoms with Crippen molar-refractivity contribution in [2.24, 2.45) is 0 Å². The van der Waals surface area contributed by atoms with E-state index in [1.807, 2.05) is 30.1 Å². The van der Waals surface area contributed by atoms with Crippen molar-refractivity contribution in [1.82, 2.24) is 15.2 Å². The maximum absolute atomic E-state index is 4.48. The average Bonchev–Trinajstić information content (AvgIpc) is 2.49. The number of hydrogen-bond acceptors (Lipinski definition) is 5. The van der Waals surface area contributed by atoms with Crippen molar-refractivity contribution >= 4 is 11.8 Å². The lowest BCUT2D eigenvalue weighted by Gasteiger charge is -2.17. The van der Waals surface area contributed by atoms with Crippen LogP contribution in [0.3, 0.4) is 0 Å². The van der Waals surface area contributed by atoms with Crippen LogP contribution < -0.4 is 10.2 Å². The Morgan fingerprint density at radius 1 is 1.20 bits per heavy atom. The fourth-order valence-electron chi connectivity index (χ4n) is 1.86. The Morgan fingerprint density at radius 2 is 2.00 bits per heavy atom. The van der Waals surface area contributed by atoms with E-state index in [2.05, 4.69) is 39.6 Å². The highest BCUT2D eigenvalue weighted by molar-refractivity contribution is 5.38. The molecular weight excluding hydrogens is 250 g/mol. The van der Waals surface area contributed by atoms with E-state index in [0.717, 1.165) is 31.7 Å². The van der Waals surface area contributed by atoms with Gasteiger partial charge in [-0.3, -0.25) is 0 Å². The van der Waals surface area contributed by atoms with Gasteiger partial charge in [-0.2, -0.15) is 10.1 Å². The molecule has 0 atom stereocenters. The SMILES string of the molecule is CCCCNc1cnnc(N(C)Cc2ccccc2)n1. The van der Waals surface area contributed by atoms with Crippen LogP contribution in [0.1, 0.15) is 25.3 Å². The van der Waals surface area contributed by atoms with Gasteiger partial charge in [0, 0.05) is 20.1 Å². The quantitative estimate of drug-likeness (QED) is 0.785. The Balaban J connectivity index is 1.99. The zero-order valence-corrected chi connectivity index (χ0v) is 12.1. The molecule has 0 saturated carbocycles. The van der Waals surface area contributed by atoms with Crippen molar-refractivity contribution < 1.29 is 0 Å². The Bertz CT molecular complexity index is 515. The third kappa shape index (κ3) is 4.19. The highest BCUT2D eigenvalue weighted by atomic mass is 15.3. The minimum atomic E-state index is 0.635. The molecule has 0 aliphatic heterocycles. The summed E-state index contributed by atoms with van der Waals surface area (Å²) < 4.78 is 0. The van der Waals surface area contributed by atoms with Crippen LogP contribution in [0.15, 0.2) is 36.5 Å². The third-order valence-electron chi connectivity index (χ3n) is 2.99. The van der Waals surface area contributed by atoms with Gasteiger partial charge in [0.25, 0.3) is 0 Å². The van der Waals surface area contributed by atoms with E-state index >= 15 is 0 Å². The zero-order chi connectivity index (χ0) is 14.2. The van der Waals surface area contributed by atoms with Crippen LogP contribution in [0.5, 0.6) is 0 Å². The molecule has 5 nitrogen and oxygen atoms in total. The summed E-state index contributed by atoms with van der Waals surface area (Å²) in [5.41, 5.74) is 1.22. The molecule has 0 radical (unpaired) electrons. The van der Waals surface area contributed by atoms with Crippen molar-refractivity contribution in [3.63, 3.8) is 0 Å². The maximum atomic E-state index is 4.48. The van der Waals surface area contributed by atoms with Gasteiger partial charge in [-0.15, -0.1) is 5.10 Å². The average molecular weight is 271 g/mol. The predicted molar refractivity (Wildman–Crippen MR) is 81.8 cm³/mol. The van der Waals surface area contributed by atoms with Gasteiger partial charge in [-0.05, 0) is 12.0 Å². The van der Waals surface area contributed by atoms with Crippen LogP contribution in [0.25, 0.3) is 0 Å². The summed E-state index contributed by atoms with van der Waals surface area (Å²) in [7, 11) is 1.97. The molecular formula is C15H21N5. The van der Waals surface area contributed by atoms with Crippen molar-refractivity contribution in [2.45, 2.75) is 26.3 Å². The monoisotopic (exact) mass is 271 g/mol. The van der Waals surface area contributed by atoms with Crippen LogP contribution in [-0.4, -0.2) is 28.8 Å². The van der Waals surface area contributed by atoms with Gasteiger partial charge < -0.3 is 10.2 Å². The lowest BCUT2D eigenvalue weighted by molar-refractivity contribution is 0.810. The molecule has 20 heavy (non-hydrogen) atoms. The molecule has 0 aliphatic carbocycles. The van der Waals surface area contributed by atoms with Gasteiger partial charge >= 0.3 is 0 Å². The standard InChI is InChI=1S/C15H21N5/c1-3-4-10-16-14-11-17-19-15(18-14)20(2)12-13-8-6-5-7-9-13/h5-9,11H,3-4,10,12H2,1-2H3,(H,16,18,19). The highest BCUT2D eigenvalue weighted by Crippen LogP contribution is 2.11. The number of anilines is 2. The molecule has 1 aromatic heterocycles. The molecule has 0 amide bonds.